The van der Waals surface area contributed by atoms with Crippen LogP contribution in [0.1, 0.15) is 29.3 Å². The van der Waals surface area contributed by atoms with E-state index in [0.717, 1.165) is 12.1 Å². The summed E-state index contributed by atoms with van der Waals surface area (Å²) in [7, 11) is 0. The molecule has 0 aliphatic carbocycles. The van der Waals surface area contributed by atoms with Gasteiger partial charge in [0.15, 0.2) is 0 Å². The van der Waals surface area contributed by atoms with E-state index in [1.54, 1.807) is 13.1 Å². The predicted octanol–water partition coefficient (Wildman–Crippen LogP) is 2.76. The molecule has 0 aliphatic heterocycles. The van der Waals surface area contributed by atoms with Gasteiger partial charge < -0.3 is 15.5 Å². The number of aryl methyl sites for hydroxylation is 2. The van der Waals surface area contributed by atoms with Gasteiger partial charge in [-0.2, -0.15) is 0 Å². The Labute approximate surface area is 119 Å². The molecule has 0 bridgehead atoms. The van der Waals surface area contributed by atoms with E-state index in [1.807, 2.05) is 12.1 Å². The first-order valence-corrected chi connectivity index (χ1v) is 6.75. The standard InChI is InChI=1S/C16H20N2O2/c1-3-12-4-6-14(7-5-12)18-9-15-13(10-19)8-17-11(2)16(15)20/h4-8,18-20H,3,9-10H2,1-2H3. The molecule has 2 aromatic rings. The third kappa shape index (κ3) is 3.08. The highest BCUT2D eigenvalue weighted by Gasteiger charge is 2.10. The summed E-state index contributed by atoms with van der Waals surface area (Å²) in [5, 5.41) is 22.6. The zero-order valence-electron chi connectivity index (χ0n) is 11.8. The molecule has 1 aromatic heterocycles. The summed E-state index contributed by atoms with van der Waals surface area (Å²) in [5.74, 6) is 0.147. The molecule has 4 heteroatoms. The van der Waals surface area contributed by atoms with E-state index in [4.69, 9.17) is 0 Å². The number of rotatable bonds is 5. The molecule has 0 saturated carbocycles. The minimum Gasteiger partial charge on any atom is -0.506 e. The van der Waals surface area contributed by atoms with Gasteiger partial charge in [0.2, 0.25) is 0 Å². The molecular weight excluding hydrogens is 252 g/mol. The fourth-order valence-electron chi connectivity index (χ4n) is 2.07. The molecule has 20 heavy (non-hydrogen) atoms. The molecule has 1 heterocycles. The van der Waals surface area contributed by atoms with Crippen molar-refractivity contribution in [3.05, 3.63) is 52.8 Å². The molecule has 0 atom stereocenters. The molecule has 1 aromatic carbocycles. The van der Waals surface area contributed by atoms with E-state index in [-0.39, 0.29) is 12.4 Å². The Balaban J connectivity index is 2.15. The lowest BCUT2D eigenvalue weighted by Crippen LogP contribution is -2.05. The predicted molar refractivity (Wildman–Crippen MR) is 79.7 cm³/mol. The topological polar surface area (TPSA) is 65.4 Å². The minimum atomic E-state index is -0.132. The smallest absolute Gasteiger partial charge is 0.142 e. The summed E-state index contributed by atoms with van der Waals surface area (Å²) in [6.07, 6.45) is 2.62. The van der Waals surface area contributed by atoms with Crippen molar-refractivity contribution < 1.29 is 10.2 Å². The van der Waals surface area contributed by atoms with Gasteiger partial charge in [-0.1, -0.05) is 19.1 Å². The lowest BCUT2D eigenvalue weighted by molar-refractivity contribution is 0.279. The van der Waals surface area contributed by atoms with Crippen LogP contribution in [0.4, 0.5) is 5.69 Å². The molecule has 0 spiro atoms. The SMILES string of the molecule is CCc1ccc(NCc2c(CO)cnc(C)c2O)cc1. The Morgan fingerprint density at radius 3 is 2.50 bits per heavy atom. The van der Waals surface area contributed by atoms with Crippen molar-refractivity contribution in [2.45, 2.75) is 33.4 Å². The zero-order chi connectivity index (χ0) is 14.5. The highest BCUT2D eigenvalue weighted by atomic mass is 16.3. The average molecular weight is 272 g/mol. The van der Waals surface area contributed by atoms with Crippen LogP contribution in [0.25, 0.3) is 0 Å². The summed E-state index contributed by atoms with van der Waals surface area (Å²) >= 11 is 0. The van der Waals surface area contributed by atoms with E-state index in [9.17, 15) is 10.2 Å². The molecule has 0 radical (unpaired) electrons. The molecule has 3 N–H and O–H groups in total. The second kappa shape index (κ2) is 6.39. The fraction of sp³-hybridized carbons (Fsp3) is 0.312. The summed E-state index contributed by atoms with van der Waals surface area (Å²) in [4.78, 5) is 4.05. The van der Waals surface area contributed by atoms with E-state index in [2.05, 4.69) is 29.4 Å². The van der Waals surface area contributed by atoms with Gasteiger partial charge in [0.1, 0.15) is 5.75 Å². The number of hydrogen-bond donors (Lipinski definition) is 3. The largest absolute Gasteiger partial charge is 0.506 e. The Kier molecular flexibility index (Phi) is 4.58. The number of hydrogen-bond acceptors (Lipinski definition) is 4. The first-order valence-electron chi connectivity index (χ1n) is 6.75. The van der Waals surface area contributed by atoms with E-state index in [1.165, 1.54) is 5.56 Å². The van der Waals surface area contributed by atoms with Crippen molar-refractivity contribution in [1.29, 1.82) is 0 Å². The summed E-state index contributed by atoms with van der Waals surface area (Å²) in [6.45, 7) is 4.19. The highest BCUT2D eigenvalue weighted by Crippen LogP contribution is 2.25. The quantitative estimate of drug-likeness (QED) is 0.783. The fourth-order valence-corrected chi connectivity index (χ4v) is 2.07. The Hall–Kier alpha value is -2.07. The number of aromatic hydroxyl groups is 1. The van der Waals surface area contributed by atoms with Crippen LogP contribution in [0.5, 0.6) is 5.75 Å². The molecular formula is C16H20N2O2. The van der Waals surface area contributed by atoms with Crippen LogP contribution in [0, 0.1) is 6.92 Å². The lowest BCUT2D eigenvalue weighted by atomic mass is 10.1. The van der Waals surface area contributed by atoms with Crippen molar-refractivity contribution in [2.24, 2.45) is 0 Å². The van der Waals surface area contributed by atoms with Gasteiger partial charge in [0.05, 0.1) is 12.3 Å². The molecule has 0 saturated heterocycles. The second-order valence-corrected chi connectivity index (χ2v) is 4.76. The number of anilines is 1. The summed E-state index contributed by atoms with van der Waals surface area (Å²) < 4.78 is 0. The van der Waals surface area contributed by atoms with Crippen LogP contribution in [0.3, 0.4) is 0 Å². The van der Waals surface area contributed by atoms with Crippen LogP contribution >= 0.6 is 0 Å². The zero-order valence-corrected chi connectivity index (χ0v) is 11.8. The number of aliphatic hydroxyl groups excluding tert-OH is 1. The first-order chi connectivity index (χ1) is 9.65. The minimum absolute atomic E-state index is 0.132. The van der Waals surface area contributed by atoms with Crippen LogP contribution in [-0.4, -0.2) is 15.2 Å². The monoisotopic (exact) mass is 272 g/mol. The molecule has 0 amide bonds. The van der Waals surface area contributed by atoms with Crippen LogP contribution in [0.15, 0.2) is 30.5 Å². The number of pyridine rings is 1. The Bertz CT molecular complexity index is 580. The van der Waals surface area contributed by atoms with Crippen LogP contribution in [-0.2, 0) is 19.6 Å². The number of nitrogens with one attached hydrogen (secondary N) is 1. The normalized spacial score (nSPS) is 10.6. The van der Waals surface area contributed by atoms with Crippen molar-refractivity contribution in [3.63, 3.8) is 0 Å². The molecule has 106 valence electrons. The number of aliphatic hydroxyl groups is 1. The molecule has 2 rings (SSSR count). The number of benzene rings is 1. The van der Waals surface area contributed by atoms with E-state index in [0.29, 0.717) is 23.4 Å². The van der Waals surface area contributed by atoms with Gasteiger partial charge in [-0.3, -0.25) is 4.98 Å². The molecule has 0 fully saturated rings. The second-order valence-electron chi connectivity index (χ2n) is 4.76. The van der Waals surface area contributed by atoms with Gasteiger partial charge >= 0.3 is 0 Å². The molecule has 0 aliphatic rings. The van der Waals surface area contributed by atoms with Crippen LogP contribution in [0.2, 0.25) is 0 Å². The van der Waals surface area contributed by atoms with Gasteiger partial charge in [0, 0.05) is 29.6 Å². The lowest BCUT2D eigenvalue weighted by Gasteiger charge is -2.13. The number of nitrogens with zero attached hydrogens (tertiary/aromatic N) is 1. The Morgan fingerprint density at radius 2 is 1.90 bits per heavy atom. The van der Waals surface area contributed by atoms with Crippen molar-refractivity contribution in [3.8, 4) is 5.75 Å². The third-order valence-electron chi connectivity index (χ3n) is 3.43. The number of aromatic nitrogens is 1. The van der Waals surface area contributed by atoms with Crippen molar-refractivity contribution in [2.75, 3.05) is 5.32 Å². The van der Waals surface area contributed by atoms with Gasteiger partial charge in [-0.05, 0) is 31.0 Å². The van der Waals surface area contributed by atoms with Crippen LogP contribution < -0.4 is 5.32 Å². The third-order valence-corrected chi connectivity index (χ3v) is 3.43. The van der Waals surface area contributed by atoms with Crippen molar-refractivity contribution >= 4 is 5.69 Å². The van der Waals surface area contributed by atoms with Gasteiger partial charge in [0.25, 0.3) is 0 Å². The van der Waals surface area contributed by atoms with E-state index < -0.39 is 0 Å². The highest BCUT2D eigenvalue weighted by molar-refractivity contribution is 5.48. The maximum Gasteiger partial charge on any atom is 0.142 e. The van der Waals surface area contributed by atoms with E-state index >= 15 is 0 Å². The Morgan fingerprint density at radius 1 is 1.20 bits per heavy atom. The molecule has 0 unspecified atom stereocenters. The maximum absolute atomic E-state index is 10.1. The van der Waals surface area contributed by atoms with Gasteiger partial charge in [-0.25, -0.2) is 0 Å². The molecule has 4 nitrogen and oxygen atoms in total. The first kappa shape index (κ1) is 14.3. The maximum atomic E-state index is 10.1. The summed E-state index contributed by atoms with van der Waals surface area (Å²) in [6, 6.07) is 8.19. The van der Waals surface area contributed by atoms with Gasteiger partial charge in [-0.15, -0.1) is 0 Å². The summed E-state index contributed by atoms with van der Waals surface area (Å²) in [5.41, 5.74) is 4.18. The average Bonchev–Trinajstić information content (AvgIpc) is 2.49. The van der Waals surface area contributed by atoms with Crippen molar-refractivity contribution in [1.82, 2.24) is 4.98 Å².